The maximum Gasteiger partial charge on any atom is 0.253 e. The van der Waals surface area contributed by atoms with Crippen LogP contribution >= 0.6 is 0 Å². The molecule has 2 aromatic heterocycles. The van der Waals surface area contributed by atoms with E-state index in [0.717, 1.165) is 0 Å². The number of hydrogen-bond donors (Lipinski definition) is 3. The molecule has 2 aliphatic heterocycles. The van der Waals surface area contributed by atoms with Crippen molar-refractivity contribution in [1.29, 1.82) is 0 Å². The van der Waals surface area contributed by atoms with E-state index in [1.807, 2.05) is 0 Å². The lowest BCUT2D eigenvalue weighted by atomic mass is 9.88. The third-order valence-corrected chi connectivity index (χ3v) is 7.31. The number of anilines is 2. The van der Waals surface area contributed by atoms with E-state index in [0.29, 0.717) is 46.9 Å². The summed E-state index contributed by atoms with van der Waals surface area (Å²) in [5.41, 5.74) is 3.01. The van der Waals surface area contributed by atoms with Gasteiger partial charge in [-0.05, 0) is 42.5 Å². The number of halogens is 2. The van der Waals surface area contributed by atoms with Gasteiger partial charge in [0.25, 0.3) is 5.91 Å². The number of rotatable bonds is 5. The fourth-order valence-electron chi connectivity index (χ4n) is 5.19. The molecule has 3 N–H and O–H groups in total. The second-order valence-electron chi connectivity index (χ2n) is 9.87. The highest BCUT2D eigenvalue weighted by molar-refractivity contribution is 6.08. The van der Waals surface area contributed by atoms with Gasteiger partial charge < -0.3 is 25.3 Å². The Balaban J connectivity index is 1.19. The number of nitrogens with one attached hydrogen (secondary N) is 3. The monoisotopic (exact) mass is 559 g/mol. The van der Waals surface area contributed by atoms with Crippen LogP contribution in [0.1, 0.15) is 21.5 Å². The number of aliphatic imine (C=N–C) groups is 1. The lowest BCUT2D eigenvalue weighted by Gasteiger charge is -2.32. The zero-order valence-electron chi connectivity index (χ0n) is 22.1. The van der Waals surface area contributed by atoms with Crippen LogP contribution in [0.5, 0.6) is 0 Å². The maximum atomic E-state index is 14.7. The quantitative estimate of drug-likeness (QED) is 0.438. The molecule has 41 heavy (non-hydrogen) atoms. The molecule has 10 nitrogen and oxygen atoms in total. The largest absolute Gasteiger partial charge is 0.462 e. The van der Waals surface area contributed by atoms with Gasteiger partial charge in [0.15, 0.2) is 5.76 Å². The van der Waals surface area contributed by atoms with Crippen molar-refractivity contribution in [3.05, 3.63) is 83.5 Å². The first-order chi connectivity index (χ1) is 19.9. The summed E-state index contributed by atoms with van der Waals surface area (Å²) in [6.07, 6.45) is 5.41. The summed E-state index contributed by atoms with van der Waals surface area (Å²) in [5.74, 6) is -1.44. The minimum absolute atomic E-state index is 0.138. The number of benzene rings is 1. The molecular formula is C29H27F2N7O3. The first-order valence-corrected chi connectivity index (χ1v) is 13.2. The van der Waals surface area contributed by atoms with Crippen LogP contribution in [0.25, 0.3) is 11.5 Å². The molecule has 3 aromatic rings. The number of nitrogens with zero attached hydrogens (tertiary/aromatic N) is 4. The molecule has 0 saturated carbocycles. The fraction of sp³-hybridized carbons (Fsp3) is 0.276. The highest BCUT2D eigenvalue weighted by atomic mass is 19.1. The number of alkyl halides is 1. The summed E-state index contributed by atoms with van der Waals surface area (Å²) in [5, 5.41) is 8.85. The number of furan rings is 1. The Labute approximate surface area is 234 Å². The Morgan fingerprint density at radius 3 is 2.80 bits per heavy atom. The van der Waals surface area contributed by atoms with Crippen LogP contribution in [-0.4, -0.2) is 71.3 Å². The Bertz CT molecular complexity index is 1580. The molecule has 3 unspecified atom stereocenters. The van der Waals surface area contributed by atoms with Crippen molar-refractivity contribution in [2.75, 3.05) is 32.0 Å². The number of amides is 2. The number of carbonyl (C=O) groups is 2. The third-order valence-electron chi connectivity index (χ3n) is 7.31. The van der Waals surface area contributed by atoms with Crippen LogP contribution in [-0.2, 0) is 11.3 Å². The Morgan fingerprint density at radius 1 is 1.20 bits per heavy atom. The second-order valence-corrected chi connectivity index (χ2v) is 9.87. The molecule has 1 aromatic carbocycles. The van der Waals surface area contributed by atoms with Crippen LogP contribution < -0.4 is 16.0 Å². The topological polar surface area (TPSA) is 125 Å². The van der Waals surface area contributed by atoms with Gasteiger partial charge in [-0.3, -0.25) is 14.6 Å². The van der Waals surface area contributed by atoms with Crippen molar-refractivity contribution in [2.45, 2.75) is 18.8 Å². The summed E-state index contributed by atoms with van der Waals surface area (Å²) < 4.78 is 35.2. The number of fused-ring (bicyclic) bond motifs is 3. The predicted molar refractivity (Wildman–Crippen MR) is 148 cm³/mol. The molecule has 0 spiro atoms. The van der Waals surface area contributed by atoms with Gasteiger partial charge in [0, 0.05) is 55.3 Å². The van der Waals surface area contributed by atoms with Crippen LogP contribution in [0.15, 0.2) is 76.3 Å². The summed E-state index contributed by atoms with van der Waals surface area (Å²) in [4.78, 5) is 40.3. The molecule has 0 bridgehead atoms. The van der Waals surface area contributed by atoms with Crippen molar-refractivity contribution >= 4 is 29.2 Å². The number of aromatic nitrogens is 2. The molecule has 2 amide bonds. The van der Waals surface area contributed by atoms with Crippen molar-refractivity contribution in [3.63, 3.8) is 0 Å². The minimum Gasteiger partial charge on any atom is -0.462 e. The third kappa shape index (κ3) is 5.13. The summed E-state index contributed by atoms with van der Waals surface area (Å²) in [6.45, 7) is 1.45. The fourth-order valence-corrected chi connectivity index (χ4v) is 5.19. The summed E-state index contributed by atoms with van der Waals surface area (Å²) in [7, 11) is 1.57. The molecule has 4 heterocycles. The zero-order valence-corrected chi connectivity index (χ0v) is 22.1. The molecule has 210 valence electrons. The van der Waals surface area contributed by atoms with E-state index < -0.39 is 24.0 Å². The van der Waals surface area contributed by atoms with Gasteiger partial charge in [0.1, 0.15) is 23.7 Å². The van der Waals surface area contributed by atoms with Gasteiger partial charge >= 0.3 is 0 Å². The molecule has 1 aliphatic carbocycles. The highest BCUT2D eigenvalue weighted by Crippen LogP contribution is 2.37. The van der Waals surface area contributed by atoms with E-state index in [9.17, 15) is 18.4 Å². The number of allylic oxidation sites excluding steroid dienone is 4. The average molecular weight is 560 g/mol. The Kier molecular flexibility index (Phi) is 7.14. The smallest absolute Gasteiger partial charge is 0.253 e. The van der Waals surface area contributed by atoms with Gasteiger partial charge in [-0.25, -0.2) is 18.7 Å². The van der Waals surface area contributed by atoms with E-state index >= 15 is 0 Å². The minimum atomic E-state index is -1.55. The van der Waals surface area contributed by atoms with E-state index in [1.165, 1.54) is 24.5 Å². The van der Waals surface area contributed by atoms with Crippen molar-refractivity contribution in [2.24, 2.45) is 10.9 Å². The van der Waals surface area contributed by atoms with Crippen molar-refractivity contribution < 1.29 is 22.8 Å². The van der Waals surface area contributed by atoms with Gasteiger partial charge in [-0.2, -0.15) is 0 Å². The summed E-state index contributed by atoms with van der Waals surface area (Å²) in [6, 6.07) is 8.07. The van der Waals surface area contributed by atoms with E-state index in [1.54, 1.807) is 48.5 Å². The van der Waals surface area contributed by atoms with Gasteiger partial charge in [-0.15, -0.1) is 0 Å². The average Bonchev–Trinajstić information content (AvgIpc) is 3.43. The zero-order chi connectivity index (χ0) is 28.5. The lowest BCUT2D eigenvalue weighted by molar-refractivity contribution is -0.123. The molecule has 1 saturated heterocycles. The summed E-state index contributed by atoms with van der Waals surface area (Å²) >= 11 is 0. The van der Waals surface area contributed by atoms with Gasteiger partial charge in [0.2, 0.25) is 11.9 Å². The SMILES string of the molecule is CNC(=O)C1CN(C(=O)c2ccc(Nc3ncc4c(n3)-c3occc3C(C3C(F)=CC=CC3F)=NC4)cc2)CCN1. The molecular weight excluding hydrogens is 532 g/mol. The number of piperazine rings is 1. The van der Waals surface area contributed by atoms with Crippen molar-refractivity contribution in [3.8, 4) is 11.5 Å². The van der Waals surface area contributed by atoms with Gasteiger partial charge in [0.05, 0.1) is 24.4 Å². The molecule has 1 fully saturated rings. The number of likely N-dealkylation sites (N-methyl/N-ethyl adjacent to an activating group) is 1. The maximum absolute atomic E-state index is 14.7. The predicted octanol–water partition coefficient (Wildman–Crippen LogP) is 3.32. The number of carbonyl (C=O) groups excluding carboxylic acids is 2. The Hall–Kier alpha value is -4.71. The lowest BCUT2D eigenvalue weighted by Crippen LogP contribution is -2.57. The van der Waals surface area contributed by atoms with Crippen LogP contribution in [0.3, 0.4) is 0 Å². The molecule has 0 radical (unpaired) electrons. The first kappa shape index (κ1) is 26.5. The highest BCUT2D eigenvalue weighted by Gasteiger charge is 2.35. The van der Waals surface area contributed by atoms with E-state index in [4.69, 9.17) is 4.42 Å². The van der Waals surface area contributed by atoms with Crippen LogP contribution in [0.4, 0.5) is 20.4 Å². The van der Waals surface area contributed by atoms with Crippen LogP contribution in [0.2, 0.25) is 0 Å². The van der Waals surface area contributed by atoms with E-state index in [-0.39, 0.29) is 36.6 Å². The first-order valence-electron chi connectivity index (χ1n) is 13.2. The molecule has 3 aliphatic rings. The van der Waals surface area contributed by atoms with Gasteiger partial charge in [-0.1, -0.05) is 6.08 Å². The Morgan fingerprint density at radius 2 is 2.02 bits per heavy atom. The number of hydrogen-bond acceptors (Lipinski definition) is 8. The van der Waals surface area contributed by atoms with Crippen molar-refractivity contribution in [1.82, 2.24) is 25.5 Å². The second kappa shape index (κ2) is 11.0. The molecule has 12 heteroatoms. The van der Waals surface area contributed by atoms with Crippen LogP contribution in [0, 0.1) is 5.92 Å². The molecule has 6 rings (SSSR count). The normalized spacial score (nSPS) is 21.6. The van der Waals surface area contributed by atoms with E-state index in [2.05, 4.69) is 30.9 Å². The molecule has 3 atom stereocenters. The standard InChI is InChI=1S/C29H27F2N7O3/c1-32-27(39)22-15-38(11-10-33-22)28(40)16-5-7-18(8-6-16)36-29-35-14-17-13-34-25(23-20(30)3-2-4-21(23)31)19-9-12-41-26(19)24(17)37-29/h2-9,12,14,20,22-23,33H,10-11,13,15H2,1H3,(H,32,39)(H,35,36,37).